The lowest BCUT2D eigenvalue weighted by Crippen LogP contribution is -2.62. The molecule has 2 aliphatic heterocycles. The molecule has 46 heavy (non-hydrogen) atoms. The quantitative estimate of drug-likeness (QED) is 0.317. The molecule has 2 atom stereocenters. The van der Waals surface area contributed by atoms with E-state index in [1.165, 1.54) is 80.8 Å². The summed E-state index contributed by atoms with van der Waals surface area (Å²) in [5.74, 6) is -0.733. The van der Waals surface area contributed by atoms with Gasteiger partial charge in [0.1, 0.15) is 28.4 Å². The molecule has 3 aromatic carbocycles. The summed E-state index contributed by atoms with van der Waals surface area (Å²) in [6, 6.07) is 14.2. The average Bonchev–Trinajstić information content (AvgIpc) is 3.35. The van der Waals surface area contributed by atoms with Crippen LogP contribution in [-0.4, -0.2) is 84.3 Å². The largest absolute Gasteiger partial charge is 0.497 e. The van der Waals surface area contributed by atoms with Crippen LogP contribution in [0.3, 0.4) is 0 Å². The number of likely N-dealkylation sites (N-methyl/N-ethyl adjacent to an activating group) is 1. The van der Waals surface area contributed by atoms with E-state index in [4.69, 9.17) is 14.2 Å². The van der Waals surface area contributed by atoms with E-state index in [-0.39, 0.29) is 56.8 Å². The summed E-state index contributed by atoms with van der Waals surface area (Å²) in [5.41, 5.74) is -1.33. The van der Waals surface area contributed by atoms with Crippen molar-refractivity contribution in [3.8, 4) is 23.3 Å². The number of rotatable bonds is 9. The van der Waals surface area contributed by atoms with Crippen molar-refractivity contribution < 1.29 is 37.0 Å². The molecular formula is C33H34N4O8S. The van der Waals surface area contributed by atoms with Gasteiger partial charge in [-0.15, -0.1) is 0 Å². The highest BCUT2D eigenvalue weighted by atomic mass is 32.2. The molecule has 1 saturated heterocycles. The molecule has 0 spiro atoms. The maximum absolute atomic E-state index is 15.4. The number of hydrogen-bond donors (Lipinski definition) is 0. The predicted molar refractivity (Wildman–Crippen MR) is 168 cm³/mol. The lowest BCUT2D eigenvalue weighted by Gasteiger charge is -2.47. The molecule has 12 nitrogen and oxygen atoms in total. The lowest BCUT2D eigenvalue weighted by atomic mass is 9.77. The van der Waals surface area contributed by atoms with Crippen molar-refractivity contribution in [1.29, 1.82) is 5.26 Å². The van der Waals surface area contributed by atoms with Gasteiger partial charge in [0.25, 0.3) is 15.9 Å². The summed E-state index contributed by atoms with van der Waals surface area (Å²) in [5, 5.41) is 9.96. The minimum absolute atomic E-state index is 0.0120. The summed E-state index contributed by atoms with van der Waals surface area (Å²) in [7, 11) is 2.64. The van der Waals surface area contributed by atoms with E-state index in [1.807, 2.05) is 0 Å². The Bertz CT molecular complexity index is 1870. The number of carbonyl (C=O) groups excluding carboxylic acids is 3. The highest BCUT2D eigenvalue weighted by Gasteiger charge is 2.62. The standard InChI is InChI=1S/C33H34N4O8S/c1-35(2)31(39)27-8-6-7-15-36(27)33(25-17-22(20-38)10-13-28(25)44-4)24-16-21(19-34)9-12-26(24)37(32(33)40)46(41,42)30-14-11-23(43-3)18-29(30)45-5/h9-14,16-18,20,27H,6-8,15H2,1-5H3/t27-,33?/m0/s1. The van der Waals surface area contributed by atoms with Crippen LogP contribution in [0.5, 0.6) is 17.2 Å². The number of likely N-dealkylation sites (tertiary alicyclic amines) is 1. The molecule has 1 unspecified atom stereocenters. The van der Waals surface area contributed by atoms with Gasteiger partial charge in [-0.2, -0.15) is 5.26 Å². The predicted octanol–water partition coefficient (Wildman–Crippen LogP) is 3.32. The average molecular weight is 647 g/mol. The highest BCUT2D eigenvalue weighted by molar-refractivity contribution is 7.93. The first kappa shape index (κ1) is 32.5. The molecule has 2 amide bonds. The molecule has 0 bridgehead atoms. The van der Waals surface area contributed by atoms with Crippen molar-refractivity contribution in [2.75, 3.05) is 46.3 Å². The number of aldehydes is 1. The van der Waals surface area contributed by atoms with Crippen molar-refractivity contribution in [2.24, 2.45) is 0 Å². The number of carbonyl (C=O) groups is 3. The molecular weight excluding hydrogens is 612 g/mol. The van der Waals surface area contributed by atoms with E-state index in [1.54, 1.807) is 19.0 Å². The van der Waals surface area contributed by atoms with Gasteiger partial charge >= 0.3 is 0 Å². The number of amides is 2. The second-order valence-corrected chi connectivity index (χ2v) is 12.9. The van der Waals surface area contributed by atoms with E-state index >= 15 is 4.79 Å². The van der Waals surface area contributed by atoms with Gasteiger partial charge < -0.3 is 19.1 Å². The minimum Gasteiger partial charge on any atom is -0.497 e. The zero-order valence-electron chi connectivity index (χ0n) is 26.1. The van der Waals surface area contributed by atoms with Crippen LogP contribution in [0.15, 0.2) is 59.5 Å². The molecule has 5 rings (SSSR count). The number of methoxy groups -OCH3 is 3. The number of piperidine rings is 1. The number of nitrogens with zero attached hydrogens (tertiary/aromatic N) is 4. The van der Waals surface area contributed by atoms with Crippen molar-refractivity contribution in [1.82, 2.24) is 9.80 Å². The molecule has 0 radical (unpaired) electrons. The molecule has 13 heteroatoms. The smallest absolute Gasteiger partial charge is 0.274 e. The van der Waals surface area contributed by atoms with Crippen LogP contribution in [0.25, 0.3) is 0 Å². The van der Waals surface area contributed by atoms with Gasteiger partial charge in [0.15, 0.2) is 5.54 Å². The third kappa shape index (κ3) is 4.94. The summed E-state index contributed by atoms with van der Waals surface area (Å²) < 4.78 is 46.5. The highest BCUT2D eigenvalue weighted by Crippen LogP contribution is 2.54. The zero-order valence-corrected chi connectivity index (χ0v) is 27.0. The van der Waals surface area contributed by atoms with Crippen LogP contribution in [0.4, 0.5) is 5.69 Å². The third-order valence-corrected chi connectivity index (χ3v) is 10.3. The van der Waals surface area contributed by atoms with Gasteiger partial charge in [-0.05, 0) is 61.4 Å². The summed E-state index contributed by atoms with van der Waals surface area (Å²) in [4.78, 5) is 44.1. The fourth-order valence-corrected chi connectivity index (χ4v) is 8.03. The van der Waals surface area contributed by atoms with Crippen LogP contribution in [0.2, 0.25) is 0 Å². The first-order valence-corrected chi connectivity index (χ1v) is 15.9. The van der Waals surface area contributed by atoms with Crippen LogP contribution in [-0.2, 0) is 25.2 Å². The Balaban J connectivity index is 1.92. The number of benzene rings is 3. The van der Waals surface area contributed by atoms with Gasteiger partial charge in [-0.25, -0.2) is 12.7 Å². The Hall–Kier alpha value is -4.93. The maximum Gasteiger partial charge on any atom is 0.274 e. The molecule has 0 aliphatic carbocycles. The number of nitriles is 1. The maximum atomic E-state index is 15.4. The number of sulfonamides is 1. The Morgan fingerprint density at radius 1 is 0.978 bits per heavy atom. The first-order chi connectivity index (χ1) is 22.0. The van der Waals surface area contributed by atoms with Crippen molar-refractivity contribution >= 4 is 33.8 Å². The van der Waals surface area contributed by atoms with Gasteiger partial charge in [0.05, 0.1) is 44.7 Å². The Labute approximate surface area is 267 Å². The number of ether oxygens (including phenoxy) is 3. The van der Waals surface area contributed by atoms with E-state index in [9.17, 15) is 23.3 Å². The van der Waals surface area contributed by atoms with Gasteiger partial charge in [-0.1, -0.05) is 6.42 Å². The van der Waals surface area contributed by atoms with E-state index in [2.05, 4.69) is 6.07 Å². The Morgan fingerprint density at radius 2 is 1.72 bits per heavy atom. The normalized spacial score (nSPS) is 19.6. The fourth-order valence-electron chi connectivity index (χ4n) is 6.43. The third-order valence-electron chi connectivity index (χ3n) is 8.53. The number of hydrogen-bond acceptors (Lipinski definition) is 10. The lowest BCUT2D eigenvalue weighted by molar-refractivity contribution is -0.142. The van der Waals surface area contributed by atoms with E-state index < -0.39 is 27.5 Å². The van der Waals surface area contributed by atoms with Crippen LogP contribution in [0, 0.1) is 11.3 Å². The molecule has 1 fully saturated rings. The Kier molecular flexibility index (Phi) is 8.79. The van der Waals surface area contributed by atoms with Gasteiger partial charge in [0.2, 0.25) is 5.91 Å². The van der Waals surface area contributed by atoms with Crippen LogP contribution >= 0.6 is 0 Å². The monoisotopic (exact) mass is 646 g/mol. The number of anilines is 1. The summed E-state index contributed by atoms with van der Waals surface area (Å²) >= 11 is 0. The van der Waals surface area contributed by atoms with Gasteiger partial charge in [0, 0.05) is 43.4 Å². The summed E-state index contributed by atoms with van der Waals surface area (Å²) in [6.45, 7) is 0.223. The molecule has 2 heterocycles. The first-order valence-electron chi connectivity index (χ1n) is 14.5. The Morgan fingerprint density at radius 3 is 2.35 bits per heavy atom. The van der Waals surface area contributed by atoms with Gasteiger partial charge in [-0.3, -0.25) is 19.3 Å². The van der Waals surface area contributed by atoms with Crippen molar-refractivity contribution in [3.63, 3.8) is 0 Å². The topological polar surface area (TPSA) is 147 Å². The van der Waals surface area contributed by atoms with E-state index in [0.29, 0.717) is 35.6 Å². The van der Waals surface area contributed by atoms with Crippen LogP contribution < -0.4 is 18.5 Å². The van der Waals surface area contributed by atoms with Crippen molar-refractivity contribution in [2.45, 2.75) is 35.7 Å². The van der Waals surface area contributed by atoms with Crippen LogP contribution in [0.1, 0.15) is 46.3 Å². The minimum atomic E-state index is -4.71. The molecule has 2 aliphatic rings. The molecule has 0 aromatic heterocycles. The van der Waals surface area contributed by atoms with E-state index in [0.717, 1.165) is 0 Å². The molecule has 3 aromatic rings. The summed E-state index contributed by atoms with van der Waals surface area (Å²) in [6.07, 6.45) is 2.27. The second kappa shape index (κ2) is 12.5. The zero-order chi connectivity index (χ0) is 33.4. The fraction of sp³-hybridized carbons (Fsp3) is 0.333. The molecule has 0 N–H and O–H groups in total. The van der Waals surface area contributed by atoms with Crippen molar-refractivity contribution in [3.05, 3.63) is 76.9 Å². The second-order valence-electron chi connectivity index (χ2n) is 11.2. The molecule has 0 saturated carbocycles. The number of fused-ring (bicyclic) bond motifs is 1. The molecule has 240 valence electrons. The SMILES string of the molecule is COc1ccc(S(=O)(=O)N2C(=O)C(c3cc(C=O)ccc3OC)(N3CCCC[C@H]3C(=O)N(C)C)c3cc(C#N)ccc32)c(OC)c1.